The van der Waals surface area contributed by atoms with Crippen LogP contribution in [0.4, 0.5) is 26.3 Å². The summed E-state index contributed by atoms with van der Waals surface area (Å²) in [4.78, 5) is 3.92. The fourth-order valence-electron chi connectivity index (χ4n) is 3.46. The molecule has 0 saturated carbocycles. The molecular formula is C17H18F6N4O2S2. The Kier molecular flexibility index (Phi) is 6.65. The minimum Gasteiger partial charge on any atom is -0.219 e. The SMILES string of the molecule is NS(=O)(=O)N1CCCC(c2nsc(-c3ccc(F)cc3C(F)(F)F)n2)C(F)(F)CCC1. The number of rotatable bonds is 3. The topological polar surface area (TPSA) is 89.2 Å². The van der Waals surface area contributed by atoms with Gasteiger partial charge in [0, 0.05) is 25.1 Å². The maximum Gasteiger partial charge on any atom is 0.417 e. The van der Waals surface area contributed by atoms with Crippen LogP contribution >= 0.6 is 11.5 Å². The molecule has 3 rings (SSSR count). The Morgan fingerprint density at radius 3 is 2.52 bits per heavy atom. The van der Waals surface area contributed by atoms with Crippen molar-refractivity contribution in [3.63, 3.8) is 0 Å². The van der Waals surface area contributed by atoms with Crippen molar-refractivity contribution in [3.8, 4) is 10.6 Å². The molecule has 0 amide bonds. The first-order chi connectivity index (χ1) is 14.3. The predicted molar refractivity (Wildman–Crippen MR) is 101 cm³/mol. The molecule has 0 aliphatic carbocycles. The van der Waals surface area contributed by atoms with Crippen LogP contribution in [-0.4, -0.2) is 41.1 Å². The van der Waals surface area contributed by atoms with E-state index in [9.17, 15) is 34.8 Å². The minimum absolute atomic E-state index is 0.0373. The number of nitrogens with two attached hydrogens (primary N) is 1. The Bertz CT molecular complexity index is 1040. The highest BCUT2D eigenvalue weighted by Crippen LogP contribution is 2.43. The third kappa shape index (κ3) is 5.54. The zero-order valence-corrected chi connectivity index (χ0v) is 17.5. The highest BCUT2D eigenvalue weighted by Gasteiger charge is 2.43. The fraction of sp³-hybridized carbons (Fsp3) is 0.529. The van der Waals surface area contributed by atoms with Crippen LogP contribution in [0.1, 0.15) is 43.0 Å². The van der Waals surface area contributed by atoms with Gasteiger partial charge in [0.25, 0.3) is 16.1 Å². The number of alkyl halides is 5. The van der Waals surface area contributed by atoms with Crippen molar-refractivity contribution in [3.05, 3.63) is 35.4 Å². The first-order valence-corrected chi connectivity index (χ1v) is 11.4. The van der Waals surface area contributed by atoms with E-state index in [0.717, 1.165) is 16.4 Å². The lowest BCUT2D eigenvalue weighted by Gasteiger charge is -2.23. The molecule has 1 saturated heterocycles. The lowest BCUT2D eigenvalue weighted by atomic mass is 9.92. The number of aromatic nitrogens is 2. The van der Waals surface area contributed by atoms with Gasteiger partial charge in [-0.2, -0.15) is 30.3 Å². The van der Waals surface area contributed by atoms with Crippen LogP contribution in [-0.2, 0) is 16.4 Å². The molecule has 14 heteroatoms. The smallest absolute Gasteiger partial charge is 0.219 e. The molecule has 2 N–H and O–H groups in total. The molecule has 1 aliphatic rings. The third-order valence-electron chi connectivity index (χ3n) is 4.96. The van der Waals surface area contributed by atoms with Gasteiger partial charge < -0.3 is 0 Å². The van der Waals surface area contributed by atoms with Crippen molar-refractivity contribution >= 4 is 21.7 Å². The van der Waals surface area contributed by atoms with E-state index in [0.29, 0.717) is 17.6 Å². The Morgan fingerprint density at radius 1 is 1.19 bits per heavy atom. The maximum atomic E-state index is 14.8. The second-order valence-electron chi connectivity index (χ2n) is 7.15. The number of benzene rings is 1. The first kappa shape index (κ1) is 23.9. The van der Waals surface area contributed by atoms with Crippen molar-refractivity contribution in [2.24, 2.45) is 5.14 Å². The fourth-order valence-corrected chi connectivity index (χ4v) is 4.98. The summed E-state index contributed by atoms with van der Waals surface area (Å²) in [5.41, 5.74) is -1.73. The standard InChI is InChI=1S/C17H18F6N4O2S2/c18-10-4-5-11(13(9-10)17(21,22)23)15-25-14(26-30-15)12-3-1-7-27(31(24,28)29)8-2-6-16(12,19)20/h4-5,9,12H,1-3,6-8H2,(H2,24,28,29). The van der Waals surface area contributed by atoms with Crippen molar-refractivity contribution in [2.75, 3.05) is 13.1 Å². The van der Waals surface area contributed by atoms with Crippen molar-refractivity contribution in [2.45, 2.75) is 43.7 Å². The van der Waals surface area contributed by atoms with Crippen LogP contribution in [0.15, 0.2) is 18.2 Å². The summed E-state index contributed by atoms with van der Waals surface area (Å²) in [6.07, 6.45) is -5.85. The van der Waals surface area contributed by atoms with Gasteiger partial charge in [0.1, 0.15) is 10.8 Å². The molecule has 1 atom stereocenters. The maximum absolute atomic E-state index is 14.8. The average molecular weight is 488 g/mol. The van der Waals surface area contributed by atoms with Gasteiger partial charge in [-0.25, -0.2) is 23.3 Å². The molecule has 172 valence electrons. The molecule has 1 fully saturated rings. The first-order valence-electron chi connectivity index (χ1n) is 9.15. The number of hydrogen-bond donors (Lipinski definition) is 1. The van der Waals surface area contributed by atoms with Gasteiger partial charge in [-0.15, -0.1) is 0 Å². The van der Waals surface area contributed by atoms with E-state index >= 15 is 0 Å². The summed E-state index contributed by atoms with van der Waals surface area (Å²) in [6, 6.07) is 2.02. The van der Waals surface area contributed by atoms with E-state index in [4.69, 9.17) is 5.14 Å². The molecule has 1 aromatic heterocycles. The quantitative estimate of drug-likeness (QED) is 0.657. The molecule has 1 unspecified atom stereocenters. The lowest BCUT2D eigenvalue weighted by molar-refractivity contribution is -0.137. The summed E-state index contributed by atoms with van der Waals surface area (Å²) in [5, 5.41) is 4.83. The van der Waals surface area contributed by atoms with Gasteiger partial charge in [-0.3, -0.25) is 0 Å². The summed E-state index contributed by atoms with van der Waals surface area (Å²) in [7, 11) is -4.03. The Balaban J connectivity index is 1.92. The molecular weight excluding hydrogens is 470 g/mol. The Morgan fingerprint density at radius 2 is 1.87 bits per heavy atom. The highest BCUT2D eigenvalue weighted by atomic mass is 32.2. The molecule has 0 bridgehead atoms. The van der Waals surface area contributed by atoms with Crippen LogP contribution in [0.5, 0.6) is 0 Å². The van der Waals surface area contributed by atoms with E-state index in [1.165, 1.54) is 0 Å². The number of nitrogens with zero attached hydrogens (tertiary/aromatic N) is 3. The monoisotopic (exact) mass is 488 g/mol. The average Bonchev–Trinajstić information content (AvgIpc) is 3.12. The predicted octanol–water partition coefficient (Wildman–Crippen LogP) is 4.16. The molecule has 0 radical (unpaired) electrons. The van der Waals surface area contributed by atoms with Gasteiger partial charge in [-0.05, 0) is 49.0 Å². The van der Waals surface area contributed by atoms with Crippen LogP contribution in [0.2, 0.25) is 0 Å². The van der Waals surface area contributed by atoms with E-state index in [-0.39, 0.29) is 43.2 Å². The van der Waals surface area contributed by atoms with Crippen LogP contribution in [0, 0.1) is 5.82 Å². The van der Waals surface area contributed by atoms with E-state index < -0.39 is 51.6 Å². The molecule has 2 heterocycles. The van der Waals surface area contributed by atoms with Crippen molar-refractivity contribution in [1.82, 2.24) is 13.7 Å². The van der Waals surface area contributed by atoms with E-state index in [1.807, 2.05) is 0 Å². The number of halogens is 6. The molecule has 1 aliphatic heterocycles. The number of hydrogen-bond acceptors (Lipinski definition) is 5. The van der Waals surface area contributed by atoms with Crippen molar-refractivity contribution < 1.29 is 34.8 Å². The van der Waals surface area contributed by atoms with Crippen LogP contribution in [0.3, 0.4) is 0 Å². The van der Waals surface area contributed by atoms with Gasteiger partial charge >= 0.3 is 6.18 Å². The van der Waals surface area contributed by atoms with Crippen LogP contribution < -0.4 is 5.14 Å². The Hall–Kier alpha value is -1.77. The Labute approximate surface area is 178 Å². The van der Waals surface area contributed by atoms with Crippen LogP contribution in [0.25, 0.3) is 10.6 Å². The van der Waals surface area contributed by atoms with Gasteiger partial charge in [0.15, 0.2) is 5.82 Å². The summed E-state index contributed by atoms with van der Waals surface area (Å²) < 4.78 is 111. The summed E-state index contributed by atoms with van der Waals surface area (Å²) in [6.45, 7) is -0.236. The molecule has 31 heavy (non-hydrogen) atoms. The van der Waals surface area contributed by atoms with E-state index in [1.54, 1.807) is 0 Å². The molecule has 0 spiro atoms. The molecule has 1 aromatic carbocycles. The molecule has 2 aromatic rings. The summed E-state index contributed by atoms with van der Waals surface area (Å²) in [5.74, 6) is -6.23. The van der Waals surface area contributed by atoms with Gasteiger partial charge in [-0.1, -0.05) is 0 Å². The summed E-state index contributed by atoms with van der Waals surface area (Å²) >= 11 is 0.512. The van der Waals surface area contributed by atoms with Crippen molar-refractivity contribution in [1.29, 1.82) is 0 Å². The van der Waals surface area contributed by atoms with Gasteiger partial charge in [0.2, 0.25) is 0 Å². The minimum atomic E-state index is -4.87. The lowest BCUT2D eigenvalue weighted by Crippen LogP contribution is -2.38. The zero-order chi connectivity index (χ0) is 23.0. The normalized spacial score (nSPS) is 21.3. The zero-order valence-electron chi connectivity index (χ0n) is 15.9. The second kappa shape index (κ2) is 8.64. The van der Waals surface area contributed by atoms with E-state index in [2.05, 4.69) is 9.36 Å². The third-order valence-corrected chi connectivity index (χ3v) is 6.81. The highest BCUT2D eigenvalue weighted by molar-refractivity contribution is 7.86. The largest absolute Gasteiger partial charge is 0.417 e. The second-order valence-corrected chi connectivity index (χ2v) is 9.45. The molecule has 6 nitrogen and oxygen atoms in total. The van der Waals surface area contributed by atoms with Gasteiger partial charge in [0.05, 0.1) is 11.5 Å².